The van der Waals surface area contributed by atoms with Crippen molar-refractivity contribution in [1.29, 1.82) is 0 Å². The van der Waals surface area contributed by atoms with Gasteiger partial charge in [0.2, 0.25) is 0 Å². The monoisotopic (exact) mass is 139 g/mol. The molecule has 19 valence electrons. The fraction of sp³-hybridized carbons (Fsp3) is 0. The van der Waals surface area contributed by atoms with Crippen molar-refractivity contribution in [3.63, 3.8) is 0 Å². The second kappa shape index (κ2) is 18.8. The van der Waals surface area contributed by atoms with Gasteiger partial charge < -0.3 is 27.0 Å². The molecule has 0 spiro atoms. The number of hydrogen-bond acceptors (Lipinski definition) is 0. The van der Waals surface area contributed by atoms with Crippen molar-refractivity contribution in [2.45, 2.75) is 0 Å². The summed E-state index contributed by atoms with van der Waals surface area (Å²) in [6, 6.07) is 0. The summed E-state index contributed by atoms with van der Waals surface area (Å²) in [7, 11) is 0. The first kappa shape index (κ1) is 34.2. The zero-order valence-electron chi connectivity index (χ0n) is 2.22. The van der Waals surface area contributed by atoms with E-state index in [9.17, 15) is 0 Å². The minimum atomic E-state index is 0. The van der Waals surface area contributed by atoms with Gasteiger partial charge in [0.05, 0.1) is 0 Å². The average molecular weight is 139 g/mol. The molecule has 4 heteroatoms. The maximum absolute atomic E-state index is 0. The van der Waals surface area contributed by atoms with Gasteiger partial charge in [0, 0.05) is 0 Å². The van der Waals surface area contributed by atoms with E-state index in [0.29, 0.717) is 0 Å². The van der Waals surface area contributed by atoms with Gasteiger partial charge in [-0.15, -0.1) is 0 Å². The van der Waals surface area contributed by atoms with Gasteiger partial charge >= 0.3 is 46.9 Å². The fourth-order valence-electron chi connectivity index (χ4n) is 0. The molecule has 0 aliphatic heterocycles. The Bertz CT molecular complexity index is 6.00. The van der Waals surface area contributed by atoms with E-state index < -0.39 is 0 Å². The molecule has 0 aromatic rings. The van der Waals surface area contributed by atoms with Crippen LogP contribution in [0.1, 0.15) is 0 Å². The van der Waals surface area contributed by atoms with E-state index >= 15 is 0 Å². The van der Waals surface area contributed by atoms with Crippen molar-refractivity contribution < 1.29 is 46.9 Å². The third-order valence-electron chi connectivity index (χ3n) is 0. The minimum Gasteiger partial charge on any atom is -2.00 e. The van der Waals surface area contributed by atoms with Crippen LogP contribution in [0.25, 0.3) is 0 Å². The van der Waals surface area contributed by atoms with Crippen molar-refractivity contribution in [3.05, 3.63) is 0 Å². The van der Waals surface area contributed by atoms with Crippen molar-refractivity contribution in [3.8, 4) is 0 Å². The predicted molar refractivity (Wildman–Crippen MR) is 14.7 cm³/mol. The van der Waals surface area contributed by atoms with Gasteiger partial charge in [-0.2, -0.15) is 0 Å². The minimum absolute atomic E-state index is 0. The summed E-state index contributed by atoms with van der Waals surface area (Å²) < 4.78 is 0. The quantitative estimate of drug-likeness (QED) is 0.314. The Morgan fingerprint density at radius 2 is 0.750 bits per heavy atom. The van der Waals surface area contributed by atoms with E-state index in [0.717, 1.165) is 0 Å². The molecule has 4 heavy (non-hydrogen) atoms. The van der Waals surface area contributed by atoms with Crippen LogP contribution in [-0.4, -0.2) is 0 Å². The Labute approximate surface area is 73.0 Å². The van der Waals surface area contributed by atoms with Crippen LogP contribution in [-0.2, 0) is 44.4 Å². The Morgan fingerprint density at radius 3 is 0.750 bits per heavy atom. The topological polar surface area (TPSA) is 0 Å². The third kappa shape index (κ3) is 8.87. The first-order valence-corrected chi connectivity index (χ1v) is 0. The molecule has 0 nitrogen and oxygen atoms in total. The Balaban J connectivity index is 0. The first-order valence-electron chi connectivity index (χ1n) is 0. The molecule has 0 unspecified atom stereocenters. The molecule has 0 rings (SSSR count). The summed E-state index contributed by atoms with van der Waals surface area (Å²) in [5.41, 5.74) is 0. The molecule has 0 saturated heterocycles. The molecule has 0 aromatic carbocycles. The van der Waals surface area contributed by atoms with E-state index in [2.05, 4.69) is 0 Å². The van der Waals surface area contributed by atoms with E-state index in [1.807, 2.05) is 0 Å². The van der Waals surface area contributed by atoms with Crippen LogP contribution in [0, 0.1) is 0 Å². The van der Waals surface area contributed by atoms with Crippen LogP contribution in [0.4, 0.5) is 0 Å². The van der Waals surface area contributed by atoms with Gasteiger partial charge in [-0.3, -0.25) is 0 Å². The largest absolute Gasteiger partial charge is 3.00 e. The predicted octanol–water partition coefficient (Wildman–Crippen LogP) is -3.00. The summed E-state index contributed by atoms with van der Waals surface area (Å²) in [4.78, 5) is 0. The van der Waals surface area contributed by atoms with Gasteiger partial charge in [0.1, 0.15) is 0 Å². The molecule has 0 bridgehead atoms. The molecular formula is CrNaS2. The summed E-state index contributed by atoms with van der Waals surface area (Å²) in [5.74, 6) is 0. The summed E-state index contributed by atoms with van der Waals surface area (Å²) in [6.45, 7) is 0. The molecular weight excluding hydrogens is 139 g/mol. The van der Waals surface area contributed by atoms with E-state index in [1.54, 1.807) is 0 Å². The van der Waals surface area contributed by atoms with Gasteiger partial charge in [-0.1, -0.05) is 0 Å². The van der Waals surface area contributed by atoms with E-state index in [-0.39, 0.29) is 73.9 Å². The summed E-state index contributed by atoms with van der Waals surface area (Å²) in [5, 5.41) is 0. The molecule has 0 atom stereocenters. The van der Waals surface area contributed by atoms with Gasteiger partial charge in [-0.25, -0.2) is 0 Å². The molecule has 0 heterocycles. The van der Waals surface area contributed by atoms with Crippen LogP contribution >= 0.6 is 0 Å². The maximum atomic E-state index is 0. The Kier molecular flexibility index (Phi) is 161. The SMILES string of the molecule is [Cr+3].[Na+].[S-2].[S-2]. The standard InChI is InChI=1S/Cr.Na.2S/q+3;+1;2*-2. The number of rotatable bonds is 0. The Morgan fingerprint density at radius 1 is 0.750 bits per heavy atom. The van der Waals surface area contributed by atoms with Crippen LogP contribution in [0.5, 0.6) is 0 Å². The average Bonchev–Trinajstić information content (AvgIpc) is 0. The molecule has 0 N–H and O–H groups in total. The zero-order chi connectivity index (χ0) is 0. The molecule has 0 saturated carbocycles. The van der Waals surface area contributed by atoms with Crippen molar-refractivity contribution in [1.82, 2.24) is 0 Å². The molecule has 0 amide bonds. The van der Waals surface area contributed by atoms with Crippen LogP contribution in [0.3, 0.4) is 0 Å². The molecule has 0 fully saturated rings. The third-order valence-corrected chi connectivity index (χ3v) is 0. The zero-order valence-corrected chi connectivity index (χ0v) is 7.13. The summed E-state index contributed by atoms with van der Waals surface area (Å²) >= 11 is 0. The fourth-order valence-corrected chi connectivity index (χ4v) is 0. The smallest absolute Gasteiger partial charge is 2.00 e. The van der Waals surface area contributed by atoms with Crippen LogP contribution in [0.2, 0.25) is 0 Å². The first-order chi connectivity index (χ1) is 0. The molecule has 0 aromatic heterocycles. The number of hydrogen-bond donors (Lipinski definition) is 0. The molecule has 1 radical (unpaired) electrons. The normalized spacial score (nSPS) is 0. The maximum Gasteiger partial charge on any atom is 3.00 e. The van der Waals surface area contributed by atoms with E-state index in [1.165, 1.54) is 0 Å². The van der Waals surface area contributed by atoms with Gasteiger partial charge in [-0.05, 0) is 0 Å². The van der Waals surface area contributed by atoms with E-state index in [4.69, 9.17) is 0 Å². The van der Waals surface area contributed by atoms with Crippen molar-refractivity contribution >= 4 is 27.0 Å². The van der Waals surface area contributed by atoms with Crippen LogP contribution in [0.15, 0.2) is 0 Å². The second-order valence-corrected chi connectivity index (χ2v) is 0. The van der Waals surface area contributed by atoms with Gasteiger partial charge in [0.15, 0.2) is 0 Å². The van der Waals surface area contributed by atoms with Crippen molar-refractivity contribution in [2.24, 2.45) is 0 Å². The van der Waals surface area contributed by atoms with Crippen molar-refractivity contribution in [2.75, 3.05) is 0 Å². The Hall–Kier alpha value is 2.23. The second-order valence-electron chi connectivity index (χ2n) is 0. The van der Waals surface area contributed by atoms with Crippen LogP contribution < -0.4 is 29.6 Å². The summed E-state index contributed by atoms with van der Waals surface area (Å²) in [6.07, 6.45) is 0. The molecule has 0 aliphatic carbocycles. The molecule has 0 aliphatic rings. The van der Waals surface area contributed by atoms with Gasteiger partial charge in [0.25, 0.3) is 0 Å².